The van der Waals surface area contributed by atoms with E-state index in [2.05, 4.69) is 34.4 Å². The molecule has 2 aliphatic heterocycles. The molecule has 4 bridgehead atoms. The van der Waals surface area contributed by atoms with Gasteiger partial charge in [-0.3, -0.25) is 37.4 Å². The first-order valence-corrected chi connectivity index (χ1v) is 45.5. The lowest BCUT2D eigenvalue weighted by atomic mass is 9.43. The van der Waals surface area contributed by atoms with Crippen LogP contribution in [0.2, 0.25) is 0 Å². The van der Waals surface area contributed by atoms with E-state index < -0.39 is 173 Å². The molecule has 2 spiro atoms. The number of hydrogen-bond acceptors (Lipinski definition) is 28. The number of halogens is 2. The first-order chi connectivity index (χ1) is 53.2. The highest BCUT2D eigenvalue weighted by Crippen LogP contribution is 2.73. The molecule has 12 rings (SSSR count). The van der Waals surface area contributed by atoms with Gasteiger partial charge in [0.05, 0.1) is 43.4 Å². The van der Waals surface area contributed by atoms with Crippen LogP contribution in [0.3, 0.4) is 0 Å². The second kappa shape index (κ2) is 35.9. The van der Waals surface area contributed by atoms with Crippen LogP contribution in [0.25, 0.3) is 0 Å². The summed E-state index contributed by atoms with van der Waals surface area (Å²) < 4.78 is 179. The molecule has 16 unspecified atom stereocenters. The predicted octanol–water partition coefficient (Wildman–Crippen LogP) is 3.45. The minimum atomic E-state index is -5.39. The lowest BCUT2D eigenvalue weighted by Crippen LogP contribution is -2.64. The number of carboxylic acid groups (broad SMARTS) is 2. The maximum absolute atomic E-state index is 12.8. The van der Waals surface area contributed by atoms with Crippen LogP contribution >= 0.6 is 45.2 Å². The number of aliphatic carboxylic acids is 2. The second-order valence-electron chi connectivity index (χ2n) is 32.8. The lowest BCUT2D eigenvalue weighted by Gasteiger charge is -2.62. The standard InChI is InChI=1S/C36H50I2N2O16S2.C36H52N2O16S2/c1-17-19-4-5-26-35(2)15-20(13-21(33(45)46)22(35)7-8-36(26,14-19)32(17)44)53-34-29(43)31(56-58(50,51)52)30(55-57(47,48)49)25(54-34)16-39-9-10-40-27(41)6-3-18-11-23(37)28(42)24(38)12-18;1-19-21-6-9-27-35(2)17-23(15-24(33(43)44)25(35)11-12-36(27,16-21)32(19)42)51-34-29(41)31(54-56(48,49)50)30(53-55(45,46)47)26(52-34)18-37-13-14-38-28(40)10-5-20-3-7-22(39)8-4-20/h11-12,19-22,25-26,29-32,34,39,42-44H,1,3-10,13-16H2,2H3,(H,40,41)(H,45,46)(H,47,48,49)(H,50,51,52);3-4,7-8,21,23-27,29-32,34,37,39,41-42H,1,5-6,9-18H2,2H3,(H,38,40)(H,43,44)(H,45,46,47)(H,48,49,50)/t19?,20?,21?,22?,25-,26?,29?,30+,31+,32-,34+,35?,36?;21?,23?,24?,25?,26-,27?,29?,30+,31+,32-,34+,35?,36?/m00/s1. The van der Waals surface area contributed by atoms with E-state index in [0.717, 1.165) is 60.8 Å². The molecule has 114 heavy (non-hydrogen) atoms. The number of fused-ring (bicyclic) bond motifs is 6. The van der Waals surface area contributed by atoms with E-state index in [1.54, 1.807) is 24.3 Å². The fraction of sp³-hybridized carbons (Fsp3) is 0.722. The van der Waals surface area contributed by atoms with Crippen molar-refractivity contribution in [3.8, 4) is 11.5 Å². The number of rotatable bonds is 30. The molecule has 26 atom stereocenters. The summed E-state index contributed by atoms with van der Waals surface area (Å²) >= 11 is 4.00. The number of aliphatic hydroxyl groups excluding tert-OH is 4. The van der Waals surface area contributed by atoms with Crippen LogP contribution in [-0.2, 0) is 109 Å². The maximum atomic E-state index is 12.8. The zero-order chi connectivity index (χ0) is 83.3. The molecule has 42 heteroatoms. The van der Waals surface area contributed by atoms with E-state index in [4.69, 9.17) is 35.7 Å². The summed E-state index contributed by atoms with van der Waals surface area (Å²) in [5, 5.41) is 97.4. The number of hydrogen-bond donors (Lipinski definition) is 16. The quantitative estimate of drug-likeness (QED) is 0.0175. The molecule has 2 heterocycles. The second-order valence-corrected chi connectivity index (χ2v) is 39.3. The maximum Gasteiger partial charge on any atom is 0.397 e. The van der Waals surface area contributed by atoms with Gasteiger partial charge in [0.2, 0.25) is 11.8 Å². The van der Waals surface area contributed by atoms with Crippen molar-refractivity contribution in [3.05, 3.63) is 79.0 Å². The van der Waals surface area contributed by atoms with E-state index in [-0.39, 0.29) is 124 Å². The van der Waals surface area contributed by atoms with Gasteiger partial charge in [0.1, 0.15) is 60.3 Å². The van der Waals surface area contributed by atoms with Crippen LogP contribution in [0.5, 0.6) is 11.5 Å². The average molecular weight is 1920 g/mol. The Morgan fingerprint density at radius 3 is 1.26 bits per heavy atom. The molecule has 2 saturated heterocycles. The molecule has 2 aromatic carbocycles. The number of aromatic hydroxyl groups is 2. The van der Waals surface area contributed by atoms with Crippen LogP contribution in [0.4, 0.5) is 0 Å². The van der Waals surface area contributed by atoms with Gasteiger partial charge < -0.3 is 81.1 Å². The molecular weight excluding hydrogens is 1810 g/mol. The van der Waals surface area contributed by atoms with Gasteiger partial charge in [-0.25, -0.2) is 16.7 Å². The zero-order valence-corrected chi connectivity index (χ0v) is 70.1. The summed E-state index contributed by atoms with van der Waals surface area (Å²) in [6, 6.07) is 9.95. The Labute approximate surface area is 688 Å². The Morgan fingerprint density at radius 2 is 0.895 bits per heavy atom. The number of amides is 2. The van der Waals surface area contributed by atoms with Gasteiger partial charge in [-0.05, 0) is 241 Å². The van der Waals surface area contributed by atoms with Crippen molar-refractivity contribution in [2.24, 2.45) is 69.0 Å². The minimum Gasteiger partial charge on any atom is -0.508 e. The van der Waals surface area contributed by atoms with Gasteiger partial charge in [-0.1, -0.05) is 39.1 Å². The molecule has 36 nitrogen and oxygen atoms in total. The molecule has 16 N–H and O–H groups in total. The summed E-state index contributed by atoms with van der Waals surface area (Å²) in [5.74, 6) is -4.39. The first-order valence-electron chi connectivity index (χ1n) is 37.9. The van der Waals surface area contributed by atoms with Crippen LogP contribution in [0.1, 0.15) is 128 Å². The number of carbonyl (C=O) groups excluding carboxylic acids is 2. The zero-order valence-electron chi connectivity index (χ0n) is 62.5. The van der Waals surface area contributed by atoms with E-state index >= 15 is 0 Å². The van der Waals surface area contributed by atoms with Crippen molar-refractivity contribution < 1.29 is 148 Å². The van der Waals surface area contributed by atoms with E-state index in [0.29, 0.717) is 58.5 Å². The summed E-state index contributed by atoms with van der Waals surface area (Å²) in [5.41, 5.74) is 1.10. The lowest BCUT2D eigenvalue weighted by molar-refractivity contribution is -0.309. The molecule has 10 fully saturated rings. The third kappa shape index (κ3) is 20.4. The normalized spacial score (nSPS) is 37.9. The Morgan fingerprint density at radius 1 is 0.526 bits per heavy atom. The number of carbonyl (C=O) groups is 4. The van der Waals surface area contributed by atoms with Crippen molar-refractivity contribution in [3.63, 3.8) is 0 Å². The van der Waals surface area contributed by atoms with Gasteiger partial charge in [0, 0.05) is 62.9 Å². The number of carboxylic acids is 2. The molecule has 10 aliphatic rings. The Balaban J connectivity index is 0.000000225. The third-order valence-corrected chi connectivity index (χ3v) is 29.7. The largest absolute Gasteiger partial charge is 0.508 e. The number of phenols is 2. The van der Waals surface area contributed by atoms with E-state index in [9.17, 15) is 112 Å². The highest BCUT2D eigenvalue weighted by atomic mass is 127. The Bertz CT molecular complexity index is 4340. The minimum absolute atomic E-state index is 0.00235. The summed E-state index contributed by atoms with van der Waals surface area (Å²) in [6.45, 7) is 12.0. The fourth-order valence-corrected chi connectivity index (χ4v) is 25.5. The molecular formula is C72H102I2N4O32S4. The summed E-state index contributed by atoms with van der Waals surface area (Å²) in [4.78, 5) is 50.6. The molecule has 2 aromatic rings. The summed E-state index contributed by atoms with van der Waals surface area (Å²) in [6.07, 6.45) is -13.8. The van der Waals surface area contributed by atoms with Gasteiger partial charge >= 0.3 is 53.5 Å². The molecule has 8 saturated carbocycles. The topological polar surface area (TPSA) is 570 Å². The highest BCUT2D eigenvalue weighted by Gasteiger charge is 2.69. The molecule has 0 aromatic heterocycles. The number of aryl methyl sites for hydroxylation is 2. The van der Waals surface area contributed by atoms with Crippen molar-refractivity contribution >= 4 is 111 Å². The summed E-state index contributed by atoms with van der Waals surface area (Å²) in [7, 11) is -21.4. The fourth-order valence-electron chi connectivity index (χ4n) is 21.6. The van der Waals surface area contributed by atoms with Crippen LogP contribution in [0.15, 0.2) is 60.7 Å². The van der Waals surface area contributed by atoms with Crippen molar-refractivity contribution in [1.29, 1.82) is 0 Å². The van der Waals surface area contributed by atoms with Gasteiger partial charge in [0.25, 0.3) is 0 Å². The van der Waals surface area contributed by atoms with Gasteiger partial charge in [-0.2, -0.15) is 33.7 Å². The van der Waals surface area contributed by atoms with Crippen LogP contribution < -0.4 is 21.3 Å². The number of nitrogens with one attached hydrogen (secondary N) is 4. The number of benzene rings is 2. The van der Waals surface area contributed by atoms with Crippen LogP contribution in [-0.4, -0.2) is 242 Å². The monoisotopic (exact) mass is 1920 g/mol. The first kappa shape index (κ1) is 90.7. The highest BCUT2D eigenvalue weighted by molar-refractivity contribution is 14.1. The van der Waals surface area contributed by atoms with Crippen molar-refractivity contribution in [1.82, 2.24) is 21.3 Å². The van der Waals surface area contributed by atoms with Crippen LogP contribution in [0, 0.1) is 76.1 Å². The molecule has 640 valence electrons. The SMILES string of the molecule is C=C1C2CCC3C4(C)CC(O[C@@H]5O[C@@H](CNCCNC(=O)CCc6cc(I)c(O)c(I)c6)[C@@H](OS(=O)(=O)O)[C@H](OS(=O)(=O)O)C5O)CC(C(=O)O)C4CCC3(C2)[C@H]1O.C=C1C2CCC3C4(C)CC(O[C@@H]5O[C@@H](CNCCNC(=O)CCc6ccc(O)cc6)[C@@H](OS(=O)(=O)O)[C@H](OS(=O)(=O)O)C5O)CC(C(=O)O)C4CCC3(C2)[C@H]1O. The molecule has 0 radical (unpaired) electrons. The van der Waals surface area contributed by atoms with Gasteiger partial charge in [0.15, 0.2) is 12.6 Å². The Hall–Kier alpha value is -4.06. The molecule has 2 amide bonds. The number of aliphatic hydroxyl groups is 4. The molecule has 8 aliphatic carbocycles. The van der Waals surface area contributed by atoms with E-state index in [1.165, 1.54) is 12.1 Å². The predicted molar refractivity (Wildman–Crippen MR) is 414 cm³/mol. The number of phenolic OH excluding ortho intramolecular Hbond substituents is 2. The average Bonchev–Trinajstić information content (AvgIpc) is 1.47. The number of ether oxygens (including phenoxy) is 4. The van der Waals surface area contributed by atoms with Gasteiger partial charge in [-0.15, -0.1) is 0 Å². The van der Waals surface area contributed by atoms with Crippen molar-refractivity contribution in [2.75, 3.05) is 39.3 Å². The van der Waals surface area contributed by atoms with E-state index in [1.807, 2.05) is 59.0 Å². The van der Waals surface area contributed by atoms with Crippen molar-refractivity contribution in [2.45, 2.75) is 215 Å². The smallest absolute Gasteiger partial charge is 0.397 e. The Kier molecular flexibility index (Phi) is 28.6. The third-order valence-electron chi connectivity index (χ3n) is 26.2.